The van der Waals surface area contributed by atoms with E-state index in [4.69, 9.17) is 0 Å². The van der Waals surface area contributed by atoms with Crippen LogP contribution < -0.4 is 16.0 Å². The molecule has 0 unspecified atom stereocenters. The molecule has 1 aromatic carbocycles. The molecule has 96 valence electrons. The maximum Gasteiger partial charge on any atom is 0.251 e. The Kier molecular flexibility index (Phi) is 3.82. The average molecular weight is 247 g/mol. The number of rotatable bonds is 4. The molecule has 3 N–H and O–H groups in total. The zero-order valence-electron chi connectivity index (χ0n) is 10.4. The van der Waals surface area contributed by atoms with E-state index in [1.165, 1.54) is 5.56 Å². The van der Waals surface area contributed by atoms with Crippen molar-refractivity contribution in [2.24, 2.45) is 0 Å². The van der Waals surface area contributed by atoms with E-state index in [0.717, 1.165) is 18.7 Å². The van der Waals surface area contributed by atoms with Crippen LogP contribution in [0.3, 0.4) is 0 Å². The number of hydrogen-bond donors (Lipinski definition) is 3. The highest BCUT2D eigenvalue weighted by molar-refractivity contribution is 5.95. The van der Waals surface area contributed by atoms with Gasteiger partial charge < -0.3 is 16.0 Å². The predicted octanol–water partition coefficient (Wildman–Crippen LogP) is 0.520. The van der Waals surface area contributed by atoms with Crippen LogP contribution in [0.15, 0.2) is 18.2 Å². The molecule has 2 rings (SSSR count). The zero-order chi connectivity index (χ0) is 13.0. The van der Waals surface area contributed by atoms with Crippen molar-refractivity contribution in [1.82, 2.24) is 10.6 Å². The fourth-order valence-corrected chi connectivity index (χ4v) is 1.95. The van der Waals surface area contributed by atoms with Gasteiger partial charge in [0.15, 0.2) is 0 Å². The Morgan fingerprint density at radius 1 is 1.39 bits per heavy atom. The molecule has 0 radical (unpaired) electrons. The van der Waals surface area contributed by atoms with Crippen LogP contribution in [0, 0.1) is 0 Å². The van der Waals surface area contributed by atoms with Gasteiger partial charge in [0.1, 0.15) is 0 Å². The zero-order valence-corrected chi connectivity index (χ0v) is 10.4. The second kappa shape index (κ2) is 5.53. The summed E-state index contributed by atoms with van der Waals surface area (Å²) in [5, 5.41) is 8.47. The van der Waals surface area contributed by atoms with Gasteiger partial charge in [-0.15, -0.1) is 0 Å². The number of anilines is 1. The fraction of sp³-hybridized carbons (Fsp3) is 0.385. The van der Waals surface area contributed by atoms with Crippen LogP contribution in [0.25, 0.3) is 0 Å². The van der Waals surface area contributed by atoms with Crippen molar-refractivity contribution in [1.29, 1.82) is 0 Å². The first-order valence-corrected chi connectivity index (χ1v) is 6.06. The van der Waals surface area contributed by atoms with Crippen molar-refractivity contribution in [3.63, 3.8) is 0 Å². The number of carbonyl (C=O) groups is 2. The highest BCUT2D eigenvalue weighted by Crippen LogP contribution is 2.22. The number of hydrogen-bond acceptors (Lipinski definition) is 3. The van der Waals surface area contributed by atoms with Crippen LogP contribution in [0.5, 0.6) is 0 Å². The van der Waals surface area contributed by atoms with Crippen LogP contribution in [0.4, 0.5) is 5.69 Å². The molecule has 1 heterocycles. The highest BCUT2D eigenvalue weighted by atomic mass is 16.2. The third kappa shape index (κ3) is 2.80. The van der Waals surface area contributed by atoms with Crippen LogP contribution in [0.2, 0.25) is 0 Å². The molecule has 0 aromatic heterocycles. The molecule has 1 aromatic rings. The number of fused-ring (bicyclic) bond motifs is 1. The SMILES string of the molecule is CNC(=O)CCNC(=O)c1ccc2c(c1)NCC2. The summed E-state index contributed by atoms with van der Waals surface area (Å²) >= 11 is 0. The summed E-state index contributed by atoms with van der Waals surface area (Å²) in [6, 6.07) is 5.65. The van der Waals surface area contributed by atoms with E-state index < -0.39 is 0 Å². The Morgan fingerprint density at radius 2 is 2.22 bits per heavy atom. The van der Waals surface area contributed by atoms with Crippen molar-refractivity contribution in [3.8, 4) is 0 Å². The summed E-state index contributed by atoms with van der Waals surface area (Å²) in [5.41, 5.74) is 2.91. The Balaban J connectivity index is 1.91. The van der Waals surface area contributed by atoms with Crippen molar-refractivity contribution in [2.75, 3.05) is 25.5 Å². The second-order valence-corrected chi connectivity index (χ2v) is 4.23. The molecule has 0 saturated heterocycles. The topological polar surface area (TPSA) is 70.2 Å². The highest BCUT2D eigenvalue weighted by Gasteiger charge is 2.13. The molecule has 0 aliphatic carbocycles. The van der Waals surface area contributed by atoms with Gasteiger partial charge in [-0.05, 0) is 24.1 Å². The molecule has 0 atom stereocenters. The van der Waals surface area contributed by atoms with E-state index in [9.17, 15) is 9.59 Å². The van der Waals surface area contributed by atoms with Gasteiger partial charge in [-0.3, -0.25) is 9.59 Å². The van der Waals surface area contributed by atoms with Crippen LogP contribution in [-0.2, 0) is 11.2 Å². The monoisotopic (exact) mass is 247 g/mol. The van der Waals surface area contributed by atoms with Gasteiger partial charge in [-0.2, -0.15) is 0 Å². The lowest BCUT2D eigenvalue weighted by Crippen LogP contribution is -2.29. The predicted molar refractivity (Wildman–Crippen MR) is 69.7 cm³/mol. The molecule has 0 fully saturated rings. The summed E-state index contributed by atoms with van der Waals surface area (Å²) in [5.74, 6) is -0.221. The standard InChI is InChI=1S/C13H17N3O2/c1-14-12(17)5-7-16-13(18)10-3-2-9-4-6-15-11(9)8-10/h2-3,8,15H,4-7H2,1H3,(H,14,17)(H,16,18). The van der Waals surface area contributed by atoms with Gasteiger partial charge in [0.2, 0.25) is 5.91 Å². The second-order valence-electron chi connectivity index (χ2n) is 4.23. The first-order chi connectivity index (χ1) is 8.70. The first kappa shape index (κ1) is 12.4. The molecule has 0 bridgehead atoms. The van der Waals surface area contributed by atoms with Gasteiger partial charge in [-0.25, -0.2) is 0 Å². The minimum Gasteiger partial charge on any atom is -0.384 e. The van der Waals surface area contributed by atoms with Gasteiger partial charge in [0.05, 0.1) is 0 Å². The number of amides is 2. The Morgan fingerprint density at radius 3 is 3.00 bits per heavy atom. The Labute approximate surface area is 106 Å². The van der Waals surface area contributed by atoms with Crippen molar-refractivity contribution in [2.45, 2.75) is 12.8 Å². The molecule has 18 heavy (non-hydrogen) atoms. The molecule has 1 aliphatic rings. The van der Waals surface area contributed by atoms with Crippen molar-refractivity contribution < 1.29 is 9.59 Å². The Hall–Kier alpha value is -2.04. The van der Waals surface area contributed by atoms with Gasteiger partial charge in [-0.1, -0.05) is 6.07 Å². The largest absolute Gasteiger partial charge is 0.384 e. The molecule has 0 saturated carbocycles. The number of benzene rings is 1. The molecule has 1 aliphatic heterocycles. The summed E-state index contributed by atoms with van der Waals surface area (Å²) in [7, 11) is 1.58. The van der Waals surface area contributed by atoms with E-state index in [2.05, 4.69) is 16.0 Å². The lowest BCUT2D eigenvalue weighted by molar-refractivity contribution is -0.120. The third-order valence-electron chi connectivity index (χ3n) is 3.00. The molecule has 0 spiro atoms. The van der Waals surface area contributed by atoms with E-state index in [1.54, 1.807) is 7.05 Å². The molecular weight excluding hydrogens is 230 g/mol. The number of nitrogens with one attached hydrogen (secondary N) is 3. The third-order valence-corrected chi connectivity index (χ3v) is 3.00. The summed E-state index contributed by atoms with van der Waals surface area (Å²) < 4.78 is 0. The van der Waals surface area contributed by atoms with Crippen LogP contribution >= 0.6 is 0 Å². The Bertz CT molecular complexity index is 471. The number of carbonyl (C=O) groups excluding carboxylic acids is 2. The summed E-state index contributed by atoms with van der Waals surface area (Å²) in [6.07, 6.45) is 1.30. The van der Waals surface area contributed by atoms with Gasteiger partial charge in [0.25, 0.3) is 5.91 Å². The molecular formula is C13H17N3O2. The summed E-state index contributed by atoms with van der Waals surface area (Å²) in [4.78, 5) is 22.9. The quantitative estimate of drug-likeness (QED) is 0.726. The lowest BCUT2D eigenvalue weighted by Gasteiger charge is -2.06. The minimum atomic E-state index is -0.143. The van der Waals surface area contributed by atoms with E-state index in [0.29, 0.717) is 18.5 Å². The minimum absolute atomic E-state index is 0.0779. The summed E-state index contributed by atoms with van der Waals surface area (Å²) in [6.45, 7) is 1.28. The van der Waals surface area contributed by atoms with Gasteiger partial charge in [0, 0.05) is 37.8 Å². The first-order valence-electron chi connectivity index (χ1n) is 6.06. The van der Waals surface area contributed by atoms with E-state index in [-0.39, 0.29) is 11.8 Å². The maximum absolute atomic E-state index is 11.8. The van der Waals surface area contributed by atoms with E-state index in [1.807, 2.05) is 18.2 Å². The molecule has 2 amide bonds. The van der Waals surface area contributed by atoms with Crippen LogP contribution in [-0.4, -0.2) is 32.0 Å². The van der Waals surface area contributed by atoms with Gasteiger partial charge >= 0.3 is 0 Å². The maximum atomic E-state index is 11.8. The van der Waals surface area contributed by atoms with Crippen LogP contribution in [0.1, 0.15) is 22.3 Å². The van der Waals surface area contributed by atoms with Crippen molar-refractivity contribution >= 4 is 17.5 Å². The smallest absolute Gasteiger partial charge is 0.251 e. The van der Waals surface area contributed by atoms with Crippen molar-refractivity contribution in [3.05, 3.63) is 29.3 Å². The lowest BCUT2D eigenvalue weighted by atomic mass is 10.1. The molecule has 5 nitrogen and oxygen atoms in total. The fourth-order valence-electron chi connectivity index (χ4n) is 1.95. The normalized spacial score (nSPS) is 12.5. The molecule has 5 heteroatoms. The average Bonchev–Trinajstić information content (AvgIpc) is 2.85. The van der Waals surface area contributed by atoms with E-state index >= 15 is 0 Å².